The van der Waals surface area contributed by atoms with Crippen molar-refractivity contribution in [1.82, 2.24) is 0 Å². The van der Waals surface area contributed by atoms with Crippen molar-refractivity contribution in [3.8, 4) is 0 Å². The maximum absolute atomic E-state index is 10.8. The van der Waals surface area contributed by atoms with Gasteiger partial charge in [-0.15, -0.1) is 0 Å². The second-order valence-electron chi connectivity index (χ2n) is 2.78. The first-order valence-corrected chi connectivity index (χ1v) is 4.26. The van der Waals surface area contributed by atoms with Gasteiger partial charge in [-0.25, -0.2) is 4.79 Å². The largest absolute Gasteiger partial charge is 0.458 e. The Morgan fingerprint density at radius 2 is 2.00 bits per heavy atom. The molecule has 0 atom stereocenters. The van der Waals surface area contributed by atoms with Crippen molar-refractivity contribution >= 4 is 11.5 Å². The van der Waals surface area contributed by atoms with Crippen LogP contribution in [0.5, 0.6) is 0 Å². The number of ether oxygens (including phenoxy) is 1. The first-order chi connectivity index (χ1) is 6.74. The van der Waals surface area contributed by atoms with Crippen molar-refractivity contribution in [1.29, 1.82) is 0 Å². The van der Waals surface area contributed by atoms with Gasteiger partial charge in [0.15, 0.2) is 0 Å². The predicted molar refractivity (Wildman–Crippen MR) is 56.6 cm³/mol. The molecular formula is C12H12O2. The van der Waals surface area contributed by atoms with Gasteiger partial charge < -0.3 is 4.74 Å². The molecule has 1 aromatic carbocycles. The van der Waals surface area contributed by atoms with Gasteiger partial charge in [0, 0.05) is 6.08 Å². The molecule has 0 radical (unpaired) electrons. The summed E-state index contributed by atoms with van der Waals surface area (Å²) < 4.78 is 4.85. The summed E-state index contributed by atoms with van der Waals surface area (Å²) in [6.07, 6.45) is 1.14. The molecule has 0 fully saturated rings. The SMILES string of the molecule is C=CC(=O)OCC(=C)c1ccccc1. The van der Waals surface area contributed by atoms with E-state index in [-0.39, 0.29) is 6.61 Å². The lowest BCUT2D eigenvalue weighted by Crippen LogP contribution is -2.02. The highest BCUT2D eigenvalue weighted by atomic mass is 16.5. The van der Waals surface area contributed by atoms with E-state index in [4.69, 9.17) is 4.74 Å². The summed E-state index contributed by atoms with van der Waals surface area (Å²) in [5.41, 5.74) is 1.75. The van der Waals surface area contributed by atoms with E-state index >= 15 is 0 Å². The molecule has 0 unspecified atom stereocenters. The molecule has 0 aliphatic rings. The Morgan fingerprint density at radius 3 is 2.57 bits per heavy atom. The second-order valence-corrected chi connectivity index (χ2v) is 2.78. The summed E-state index contributed by atoms with van der Waals surface area (Å²) >= 11 is 0. The van der Waals surface area contributed by atoms with Gasteiger partial charge in [0.05, 0.1) is 0 Å². The fraction of sp³-hybridized carbons (Fsp3) is 0.0833. The molecule has 0 saturated carbocycles. The third-order valence-electron chi connectivity index (χ3n) is 1.74. The third kappa shape index (κ3) is 2.90. The smallest absolute Gasteiger partial charge is 0.330 e. The van der Waals surface area contributed by atoms with Crippen molar-refractivity contribution in [3.63, 3.8) is 0 Å². The van der Waals surface area contributed by atoms with Gasteiger partial charge in [-0.1, -0.05) is 43.5 Å². The predicted octanol–water partition coefficient (Wildman–Crippen LogP) is 2.43. The average Bonchev–Trinajstić information content (AvgIpc) is 2.26. The summed E-state index contributed by atoms with van der Waals surface area (Å²) in [4.78, 5) is 10.8. The minimum Gasteiger partial charge on any atom is -0.458 e. The summed E-state index contributed by atoms with van der Waals surface area (Å²) in [7, 11) is 0. The van der Waals surface area contributed by atoms with Crippen molar-refractivity contribution in [2.24, 2.45) is 0 Å². The van der Waals surface area contributed by atoms with Crippen LogP contribution in [0.4, 0.5) is 0 Å². The first kappa shape index (κ1) is 10.3. The van der Waals surface area contributed by atoms with Crippen LogP contribution in [0.1, 0.15) is 5.56 Å². The molecule has 0 aliphatic heterocycles. The Balaban J connectivity index is 2.52. The third-order valence-corrected chi connectivity index (χ3v) is 1.74. The molecule has 2 nitrogen and oxygen atoms in total. The van der Waals surface area contributed by atoms with Crippen LogP contribution in [0.2, 0.25) is 0 Å². The van der Waals surface area contributed by atoms with Crippen molar-refractivity contribution in [3.05, 3.63) is 55.1 Å². The van der Waals surface area contributed by atoms with E-state index in [0.29, 0.717) is 0 Å². The summed E-state index contributed by atoms with van der Waals surface area (Å²) in [6.45, 7) is 7.33. The van der Waals surface area contributed by atoms with Crippen LogP contribution >= 0.6 is 0 Å². The zero-order valence-electron chi connectivity index (χ0n) is 7.90. The number of rotatable bonds is 4. The lowest BCUT2D eigenvalue weighted by atomic mass is 10.1. The van der Waals surface area contributed by atoms with Crippen LogP contribution in [0, 0.1) is 0 Å². The van der Waals surface area contributed by atoms with Gasteiger partial charge in [-0.2, -0.15) is 0 Å². The van der Waals surface area contributed by atoms with Gasteiger partial charge in [-0.3, -0.25) is 0 Å². The molecule has 14 heavy (non-hydrogen) atoms. The molecule has 72 valence electrons. The van der Waals surface area contributed by atoms with Crippen LogP contribution in [0.15, 0.2) is 49.6 Å². The molecule has 0 bridgehead atoms. The summed E-state index contributed by atoms with van der Waals surface area (Å²) in [6, 6.07) is 9.59. The molecule has 1 aromatic rings. The zero-order chi connectivity index (χ0) is 10.4. The molecule has 0 aromatic heterocycles. The number of hydrogen-bond donors (Lipinski definition) is 0. The molecule has 1 rings (SSSR count). The van der Waals surface area contributed by atoms with E-state index in [1.165, 1.54) is 0 Å². The van der Waals surface area contributed by atoms with Gasteiger partial charge >= 0.3 is 5.97 Å². The lowest BCUT2D eigenvalue weighted by molar-refractivity contribution is -0.136. The molecule has 0 saturated heterocycles. The quantitative estimate of drug-likeness (QED) is 0.535. The number of benzene rings is 1. The van der Waals surface area contributed by atoms with Crippen LogP contribution in [0.3, 0.4) is 0 Å². The topological polar surface area (TPSA) is 26.3 Å². The monoisotopic (exact) mass is 188 g/mol. The van der Waals surface area contributed by atoms with Gasteiger partial charge in [0.2, 0.25) is 0 Å². The van der Waals surface area contributed by atoms with Crippen molar-refractivity contribution in [2.45, 2.75) is 0 Å². The molecule has 0 aliphatic carbocycles. The van der Waals surface area contributed by atoms with Crippen LogP contribution in [-0.2, 0) is 9.53 Å². The van der Waals surface area contributed by atoms with E-state index in [9.17, 15) is 4.79 Å². The summed E-state index contributed by atoms with van der Waals surface area (Å²) in [5.74, 6) is -0.429. The van der Waals surface area contributed by atoms with Crippen LogP contribution in [-0.4, -0.2) is 12.6 Å². The highest BCUT2D eigenvalue weighted by Crippen LogP contribution is 2.11. The standard InChI is InChI=1S/C12H12O2/c1-3-12(13)14-9-10(2)11-7-5-4-6-8-11/h3-8H,1-2,9H2. The van der Waals surface area contributed by atoms with E-state index in [1.807, 2.05) is 30.3 Å². The first-order valence-electron chi connectivity index (χ1n) is 4.26. The maximum Gasteiger partial charge on any atom is 0.330 e. The average molecular weight is 188 g/mol. The Bertz CT molecular complexity index is 339. The molecule has 0 spiro atoms. The van der Waals surface area contributed by atoms with Crippen LogP contribution < -0.4 is 0 Å². The van der Waals surface area contributed by atoms with Crippen LogP contribution in [0.25, 0.3) is 5.57 Å². The number of carbonyl (C=O) groups excluding carboxylic acids is 1. The second kappa shape index (κ2) is 5.02. The minimum atomic E-state index is -0.429. The van der Waals surface area contributed by atoms with Gasteiger partial charge in [-0.05, 0) is 11.1 Å². The van der Waals surface area contributed by atoms with E-state index < -0.39 is 5.97 Å². The van der Waals surface area contributed by atoms with Gasteiger partial charge in [0.25, 0.3) is 0 Å². The Kier molecular flexibility index (Phi) is 3.68. The Hall–Kier alpha value is -1.83. The minimum absolute atomic E-state index is 0.203. The van der Waals surface area contributed by atoms with E-state index in [0.717, 1.165) is 17.2 Å². The maximum atomic E-state index is 10.8. The molecular weight excluding hydrogens is 176 g/mol. The van der Waals surface area contributed by atoms with Gasteiger partial charge in [0.1, 0.15) is 6.61 Å². The molecule has 0 N–H and O–H groups in total. The van der Waals surface area contributed by atoms with E-state index in [1.54, 1.807) is 0 Å². The number of carbonyl (C=O) groups is 1. The van der Waals surface area contributed by atoms with Crippen molar-refractivity contribution in [2.75, 3.05) is 6.61 Å². The molecule has 0 heterocycles. The normalized spacial score (nSPS) is 9.14. The fourth-order valence-electron chi connectivity index (χ4n) is 0.974. The number of esters is 1. The van der Waals surface area contributed by atoms with Crippen molar-refractivity contribution < 1.29 is 9.53 Å². The Morgan fingerprint density at radius 1 is 1.36 bits per heavy atom. The molecule has 0 amide bonds. The highest BCUT2D eigenvalue weighted by Gasteiger charge is 2.00. The Labute approximate surface area is 83.5 Å². The lowest BCUT2D eigenvalue weighted by Gasteiger charge is -2.05. The molecule has 2 heteroatoms. The van der Waals surface area contributed by atoms with E-state index in [2.05, 4.69) is 13.2 Å². The fourth-order valence-corrected chi connectivity index (χ4v) is 0.974. The summed E-state index contributed by atoms with van der Waals surface area (Å²) in [5, 5.41) is 0. The zero-order valence-corrected chi connectivity index (χ0v) is 7.90. The number of hydrogen-bond acceptors (Lipinski definition) is 2. The highest BCUT2D eigenvalue weighted by molar-refractivity contribution is 5.82.